The fraction of sp³-hybridized carbons (Fsp3) is 0.400. The number of aromatic nitrogens is 1. The fourth-order valence-corrected chi connectivity index (χ4v) is 4.99. The summed E-state index contributed by atoms with van der Waals surface area (Å²) < 4.78 is 19.8. The van der Waals surface area contributed by atoms with E-state index in [2.05, 4.69) is 11.9 Å². The van der Waals surface area contributed by atoms with Crippen LogP contribution in [0.5, 0.6) is 5.75 Å². The first-order chi connectivity index (χ1) is 14.9. The molecule has 6 heteroatoms. The molecule has 1 unspecified atom stereocenters. The summed E-state index contributed by atoms with van der Waals surface area (Å²) in [5.41, 5.74) is 7.27. The number of nitrogens with one attached hydrogen (secondary N) is 1. The van der Waals surface area contributed by atoms with Gasteiger partial charge in [-0.3, -0.25) is 4.79 Å². The van der Waals surface area contributed by atoms with Crippen LogP contribution >= 0.6 is 11.6 Å². The predicted molar refractivity (Wildman–Crippen MR) is 123 cm³/mol. The fourth-order valence-electron chi connectivity index (χ4n) is 4.78. The van der Waals surface area contributed by atoms with Gasteiger partial charge >= 0.3 is 0 Å². The van der Waals surface area contributed by atoms with Crippen LogP contribution in [0, 0.1) is 5.82 Å². The van der Waals surface area contributed by atoms with E-state index in [1.807, 2.05) is 24.3 Å². The standard InChI is InChI=1S/C25H28ClFN2O2/c1-2-19(28)15-25(17-3-5-18(27)6-4-17)10-7-20(8-11-25)31-23-13-16-9-12-29-24(30)21(16)14-22(23)26/h3-6,9,12-14,19-20H,2,7-8,10-11,15,28H2,1H3,(H,29,30). The van der Waals surface area contributed by atoms with Gasteiger partial charge in [0.1, 0.15) is 11.6 Å². The maximum Gasteiger partial charge on any atom is 0.255 e. The minimum Gasteiger partial charge on any atom is -0.489 e. The Labute approximate surface area is 186 Å². The Hall–Kier alpha value is -2.37. The summed E-state index contributed by atoms with van der Waals surface area (Å²) in [6.07, 6.45) is 7.00. The molecule has 3 N–H and O–H groups in total. The lowest BCUT2D eigenvalue weighted by molar-refractivity contribution is 0.109. The van der Waals surface area contributed by atoms with Crippen molar-refractivity contribution in [3.05, 3.63) is 75.4 Å². The second-order valence-electron chi connectivity index (χ2n) is 8.65. The highest BCUT2D eigenvalue weighted by atomic mass is 35.5. The van der Waals surface area contributed by atoms with E-state index >= 15 is 0 Å². The number of hydrogen-bond acceptors (Lipinski definition) is 3. The molecule has 0 radical (unpaired) electrons. The van der Waals surface area contributed by atoms with Crippen LogP contribution in [-0.4, -0.2) is 17.1 Å². The third kappa shape index (κ3) is 4.63. The Morgan fingerprint density at radius 3 is 2.61 bits per heavy atom. The molecule has 3 aromatic rings. The van der Waals surface area contributed by atoms with Crippen molar-refractivity contribution in [1.29, 1.82) is 0 Å². The second kappa shape index (κ2) is 9.01. The van der Waals surface area contributed by atoms with Crippen LogP contribution in [0.4, 0.5) is 4.39 Å². The van der Waals surface area contributed by atoms with Crippen molar-refractivity contribution in [1.82, 2.24) is 4.98 Å². The van der Waals surface area contributed by atoms with E-state index in [9.17, 15) is 9.18 Å². The highest BCUT2D eigenvalue weighted by Crippen LogP contribution is 2.44. The molecular formula is C25H28ClFN2O2. The zero-order valence-electron chi connectivity index (χ0n) is 17.7. The molecule has 164 valence electrons. The van der Waals surface area contributed by atoms with Crippen molar-refractivity contribution in [3.63, 3.8) is 0 Å². The molecule has 31 heavy (non-hydrogen) atoms. The minimum atomic E-state index is -0.222. The van der Waals surface area contributed by atoms with Crippen LogP contribution in [-0.2, 0) is 5.41 Å². The summed E-state index contributed by atoms with van der Waals surface area (Å²) in [7, 11) is 0. The zero-order valence-corrected chi connectivity index (χ0v) is 18.4. The summed E-state index contributed by atoms with van der Waals surface area (Å²) >= 11 is 6.42. The molecule has 1 aliphatic rings. The van der Waals surface area contributed by atoms with Crippen LogP contribution < -0.4 is 16.0 Å². The van der Waals surface area contributed by atoms with E-state index in [4.69, 9.17) is 22.1 Å². The molecule has 2 aromatic carbocycles. The summed E-state index contributed by atoms with van der Waals surface area (Å²) in [5.74, 6) is 0.379. The molecule has 1 heterocycles. The number of benzene rings is 2. The van der Waals surface area contributed by atoms with Gasteiger partial charge in [0.15, 0.2) is 0 Å². The first-order valence-electron chi connectivity index (χ1n) is 10.9. The normalized spacial score (nSPS) is 22.4. The topological polar surface area (TPSA) is 68.1 Å². The maximum atomic E-state index is 13.5. The average Bonchev–Trinajstić information content (AvgIpc) is 2.77. The molecule has 1 atom stereocenters. The quantitative estimate of drug-likeness (QED) is 0.514. The van der Waals surface area contributed by atoms with E-state index in [-0.39, 0.29) is 28.9 Å². The van der Waals surface area contributed by atoms with Gasteiger partial charge in [0.05, 0.1) is 11.1 Å². The molecule has 0 bridgehead atoms. The number of fused-ring (bicyclic) bond motifs is 1. The van der Waals surface area contributed by atoms with Gasteiger partial charge in [-0.05, 0) is 85.2 Å². The monoisotopic (exact) mass is 442 g/mol. The molecule has 1 saturated carbocycles. The van der Waals surface area contributed by atoms with Crippen molar-refractivity contribution in [2.24, 2.45) is 5.73 Å². The number of nitrogens with two attached hydrogens (primary N) is 1. The lowest BCUT2D eigenvalue weighted by Gasteiger charge is -2.42. The van der Waals surface area contributed by atoms with Crippen molar-refractivity contribution >= 4 is 22.4 Å². The van der Waals surface area contributed by atoms with E-state index < -0.39 is 0 Å². The van der Waals surface area contributed by atoms with Crippen molar-refractivity contribution in [2.45, 2.75) is 63.0 Å². The van der Waals surface area contributed by atoms with E-state index in [0.717, 1.165) is 49.5 Å². The van der Waals surface area contributed by atoms with Crippen molar-refractivity contribution in [3.8, 4) is 5.75 Å². The largest absolute Gasteiger partial charge is 0.489 e. The lowest BCUT2D eigenvalue weighted by Crippen LogP contribution is -2.40. The molecule has 1 aliphatic carbocycles. The lowest BCUT2D eigenvalue weighted by atomic mass is 9.65. The molecule has 0 aliphatic heterocycles. The third-order valence-electron chi connectivity index (χ3n) is 6.64. The van der Waals surface area contributed by atoms with Crippen LogP contribution in [0.3, 0.4) is 0 Å². The predicted octanol–water partition coefficient (Wildman–Crippen LogP) is 5.71. The molecule has 1 fully saturated rings. The SMILES string of the molecule is CCC(N)CC1(c2ccc(F)cc2)CCC(Oc2cc3cc[nH]c(=O)c3cc2Cl)CC1. The first-order valence-corrected chi connectivity index (χ1v) is 11.3. The average molecular weight is 443 g/mol. The third-order valence-corrected chi connectivity index (χ3v) is 6.94. The van der Waals surface area contributed by atoms with Gasteiger partial charge in [-0.25, -0.2) is 4.39 Å². The van der Waals surface area contributed by atoms with Crippen LogP contribution in [0.1, 0.15) is 51.0 Å². The second-order valence-corrected chi connectivity index (χ2v) is 9.06. The van der Waals surface area contributed by atoms with Gasteiger partial charge in [-0.1, -0.05) is 30.7 Å². The van der Waals surface area contributed by atoms with E-state index in [1.165, 1.54) is 12.1 Å². The number of rotatable bonds is 6. The number of aromatic amines is 1. The van der Waals surface area contributed by atoms with E-state index in [0.29, 0.717) is 16.2 Å². The van der Waals surface area contributed by atoms with Gasteiger partial charge in [0.2, 0.25) is 0 Å². The Morgan fingerprint density at radius 2 is 1.94 bits per heavy atom. The molecule has 4 nitrogen and oxygen atoms in total. The van der Waals surface area contributed by atoms with Crippen LogP contribution in [0.15, 0.2) is 53.5 Å². The Balaban J connectivity index is 1.53. The number of halogens is 2. The molecule has 0 saturated heterocycles. The summed E-state index contributed by atoms with van der Waals surface area (Å²) in [6.45, 7) is 2.10. The van der Waals surface area contributed by atoms with Gasteiger partial charge in [-0.2, -0.15) is 0 Å². The molecule has 0 amide bonds. The smallest absolute Gasteiger partial charge is 0.255 e. The molecule has 0 spiro atoms. The molecule has 1 aromatic heterocycles. The van der Waals surface area contributed by atoms with Crippen molar-refractivity contribution < 1.29 is 9.13 Å². The van der Waals surface area contributed by atoms with Crippen LogP contribution in [0.2, 0.25) is 5.02 Å². The summed E-state index contributed by atoms with van der Waals surface area (Å²) in [6, 6.07) is 12.3. The van der Waals surface area contributed by atoms with E-state index in [1.54, 1.807) is 12.3 Å². The zero-order chi connectivity index (χ0) is 22.0. The highest BCUT2D eigenvalue weighted by Gasteiger charge is 2.38. The van der Waals surface area contributed by atoms with Crippen LogP contribution in [0.25, 0.3) is 10.8 Å². The maximum absolute atomic E-state index is 13.5. The number of pyridine rings is 1. The minimum absolute atomic E-state index is 0.0309. The molecule has 4 rings (SSSR count). The number of H-pyrrole nitrogens is 1. The highest BCUT2D eigenvalue weighted by molar-refractivity contribution is 6.32. The summed E-state index contributed by atoms with van der Waals surface area (Å²) in [4.78, 5) is 14.6. The Kier molecular flexibility index (Phi) is 6.35. The van der Waals surface area contributed by atoms with Gasteiger partial charge in [-0.15, -0.1) is 0 Å². The van der Waals surface area contributed by atoms with Gasteiger partial charge in [0, 0.05) is 17.6 Å². The Morgan fingerprint density at radius 1 is 1.23 bits per heavy atom. The number of hydrogen-bond donors (Lipinski definition) is 2. The number of ether oxygens (including phenoxy) is 1. The first kappa shape index (κ1) is 21.8. The van der Waals surface area contributed by atoms with Gasteiger partial charge in [0.25, 0.3) is 5.56 Å². The molecular weight excluding hydrogens is 415 g/mol. The Bertz CT molecular complexity index is 1100. The van der Waals surface area contributed by atoms with Crippen molar-refractivity contribution in [2.75, 3.05) is 0 Å². The summed E-state index contributed by atoms with van der Waals surface area (Å²) in [5, 5.41) is 1.79. The van der Waals surface area contributed by atoms with Gasteiger partial charge < -0.3 is 15.5 Å².